The van der Waals surface area contributed by atoms with E-state index in [2.05, 4.69) is 38.4 Å². The largest absolute Gasteiger partial charge is 0.487 e. The average molecular weight is 680 g/mol. The van der Waals surface area contributed by atoms with Crippen LogP contribution in [0.15, 0.2) is 110 Å². The maximum atomic E-state index is 14.0. The molecule has 6 nitrogen and oxygen atoms in total. The number of hydrogen-bond donors (Lipinski definition) is 0. The molecule has 1 aliphatic heterocycles. The number of fused-ring (bicyclic) bond motifs is 1. The number of benzene rings is 3. The fraction of sp³-hybridized carbons (Fsp3) is 0.129. The Hall–Kier alpha value is -3.53. The molecule has 40 heavy (non-hydrogen) atoms. The minimum Gasteiger partial charge on any atom is -0.487 e. The number of nitrogens with zero attached hydrogens (tertiary/aromatic N) is 2. The van der Waals surface area contributed by atoms with Gasteiger partial charge in [0.2, 0.25) is 0 Å². The average Bonchev–Trinajstić information content (AvgIpc) is 3.27. The fourth-order valence-electron chi connectivity index (χ4n) is 4.49. The van der Waals surface area contributed by atoms with Crippen LogP contribution in [0, 0.1) is 0 Å². The zero-order valence-corrected chi connectivity index (χ0v) is 25.5. The van der Waals surface area contributed by atoms with Crippen molar-refractivity contribution in [3.8, 4) is 5.75 Å². The van der Waals surface area contributed by atoms with Crippen LogP contribution < -0.4 is 19.6 Å². The van der Waals surface area contributed by atoms with Crippen molar-refractivity contribution < 1.29 is 14.3 Å². The molecule has 9 heteroatoms. The van der Waals surface area contributed by atoms with Gasteiger partial charge in [0, 0.05) is 5.56 Å². The molecule has 0 aliphatic carbocycles. The van der Waals surface area contributed by atoms with E-state index in [4.69, 9.17) is 14.5 Å². The molecule has 5 rings (SSSR count). The highest BCUT2D eigenvalue weighted by molar-refractivity contribution is 9.11. The van der Waals surface area contributed by atoms with Crippen molar-refractivity contribution in [2.75, 3.05) is 13.2 Å². The molecule has 1 aliphatic rings. The highest BCUT2D eigenvalue weighted by Crippen LogP contribution is 2.36. The zero-order valence-electron chi connectivity index (χ0n) is 21.5. The molecule has 0 saturated carbocycles. The van der Waals surface area contributed by atoms with Crippen molar-refractivity contribution in [1.29, 1.82) is 0 Å². The van der Waals surface area contributed by atoms with Gasteiger partial charge in [-0.15, -0.1) is 0 Å². The molecule has 0 fully saturated rings. The Bertz CT molecular complexity index is 1770. The van der Waals surface area contributed by atoms with Crippen molar-refractivity contribution in [3.05, 3.63) is 136 Å². The topological polar surface area (TPSA) is 69.9 Å². The molecule has 2 heterocycles. The van der Waals surface area contributed by atoms with E-state index in [1.807, 2.05) is 78.9 Å². The third-order valence-electron chi connectivity index (χ3n) is 6.15. The molecular formula is C31H24Br2N2O4S. The fourth-order valence-corrected chi connectivity index (χ4v) is 6.94. The van der Waals surface area contributed by atoms with E-state index >= 15 is 0 Å². The predicted octanol–water partition coefficient (Wildman–Crippen LogP) is 6.03. The Labute approximate surface area is 251 Å². The molecular weight excluding hydrogens is 656 g/mol. The first-order valence-corrected chi connectivity index (χ1v) is 14.9. The van der Waals surface area contributed by atoms with Gasteiger partial charge in [0.15, 0.2) is 4.80 Å². The Morgan fingerprint density at radius 1 is 1.07 bits per heavy atom. The number of carbonyl (C=O) groups excluding carboxylic acids is 1. The van der Waals surface area contributed by atoms with E-state index in [-0.39, 0.29) is 12.2 Å². The molecule has 0 N–H and O–H groups in total. The molecule has 0 unspecified atom stereocenters. The third-order valence-corrected chi connectivity index (χ3v) is 8.31. The lowest BCUT2D eigenvalue weighted by Gasteiger charge is -2.25. The molecule has 3 aromatic carbocycles. The second-order valence-corrected chi connectivity index (χ2v) is 11.5. The first-order valence-electron chi connectivity index (χ1n) is 12.5. The summed E-state index contributed by atoms with van der Waals surface area (Å²) < 4.78 is 14.8. The van der Waals surface area contributed by atoms with Gasteiger partial charge < -0.3 is 9.47 Å². The van der Waals surface area contributed by atoms with E-state index in [0.717, 1.165) is 25.6 Å². The van der Waals surface area contributed by atoms with Gasteiger partial charge in [-0.3, -0.25) is 9.36 Å². The van der Waals surface area contributed by atoms with Crippen LogP contribution in [0.1, 0.15) is 29.7 Å². The SMILES string of the molecule is C=CCOc1c(Br)cc(/C=c2\sc3n(c2=O)[C@@H](c2ccccc2)C(C(=O)OCC)=C(c2ccccc2)N=3)cc1Br. The highest BCUT2D eigenvalue weighted by atomic mass is 79.9. The van der Waals surface area contributed by atoms with E-state index in [1.165, 1.54) is 11.3 Å². The number of thiazole rings is 1. The number of esters is 1. The summed E-state index contributed by atoms with van der Waals surface area (Å²) in [5.74, 6) is 0.144. The molecule has 0 radical (unpaired) electrons. The molecule has 202 valence electrons. The molecule has 1 aromatic heterocycles. The first-order chi connectivity index (χ1) is 19.4. The predicted molar refractivity (Wildman–Crippen MR) is 165 cm³/mol. The smallest absolute Gasteiger partial charge is 0.338 e. The van der Waals surface area contributed by atoms with Gasteiger partial charge >= 0.3 is 5.97 Å². The van der Waals surface area contributed by atoms with Gasteiger partial charge in [0.25, 0.3) is 5.56 Å². The lowest BCUT2D eigenvalue weighted by molar-refractivity contribution is -0.138. The summed E-state index contributed by atoms with van der Waals surface area (Å²) >= 11 is 8.40. The van der Waals surface area contributed by atoms with Gasteiger partial charge in [0.05, 0.1) is 37.4 Å². The normalized spacial score (nSPS) is 14.9. The van der Waals surface area contributed by atoms with Gasteiger partial charge in [0.1, 0.15) is 12.4 Å². The summed E-state index contributed by atoms with van der Waals surface area (Å²) in [4.78, 5) is 32.9. The minimum atomic E-state index is -0.706. The summed E-state index contributed by atoms with van der Waals surface area (Å²) in [6, 6.07) is 22.1. The molecule has 0 spiro atoms. The summed E-state index contributed by atoms with van der Waals surface area (Å²) in [5, 5.41) is 0. The number of halogens is 2. The first kappa shape index (κ1) is 28.0. The Morgan fingerprint density at radius 3 is 2.35 bits per heavy atom. The zero-order chi connectivity index (χ0) is 28.2. The summed E-state index contributed by atoms with van der Waals surface area (Å²) in [6.45, 7) is 6.01. The molecule has 4 aromatic rings. The van der Waals surface area contributed by atoms with Crippen molar-refractivity contribution in [2.24, 2.45) is 4.99 Å². The van der Waals surface area contributed by atoms with E-state index < -0.39 is 12.0 Å². The van der Waals surface area contributed by atoms with Gasteiger partial charge in [-0.05, 0) is 68.1 Å². The van der Waals surface area contributed by atoms with E-state index in [9.17, 15) is 9.59 Å². The lowest BCUT2D eigenvalue weighted by atomic mass is 9.93. The molecule has 0 amide bonds. The van der Waals surface area contributed by atoms with Crippen molar-refractivity contribution in [1.82, 2.24) is 4.57 Å². The molecule has 0 saturated heterocycles. The Balaban J connectivity index is 1.75. The second kappa shape index (κ2) is 12.3. The summed E-state index contributed by atoms with van der Waals surface area (Å²) in [7, 11) is 0. The highest BCUT2D eigenvalue weighted by Gasteiger charge is 2.35. The van der Waals surface area contributed by atoms with E-state index in [0.29, 0.717) is 33.0 Å². The maximum Gasteiger partial charge on any atom is 0.338 e. The number of aromatic nitrogens is 1. The maximum absolute atomic E-state index is 14.0. The van der Waals surface area contributed by atoms with Crippen LogP contribution in [0.2, 0.25) is 0 Å². The van der Waals surface area contributed by atoms with Crippen LogP contribution in [0.25, 0.3) is 11.8 Å². The quantitative estimate of drug-likeness (QED) is 0.169. The Kier molecular flexibility index (Phi) is 8.63. The number of rotatable bonds is 8. The monoisotopic (exact) mass is 678 g/mol. The van der Waals surface area contributed by atoms with Crippen LogP contribution in [-0.4, -0.2) is 23.8 Å². The van der Waals surface area contributed by atoms with Gasteiger partial charge in [-0.25, -0.2) is 9.79 Å². The third kappa shape index (κ3) is 5.54. The van der Waals surface area contributed by atoms with Crippen LogP contribution in [0.5, 0.6) is 5.75 Å². The summed E-state index contributed by atoms with van der Waals surface area (Å²) in [6.07, 6.45) is 3.49. The van der Waals surface area contributed by atoms with Crippen LogP contribution >= 0.6 is 43.2 Å². The molecule has 1 atom stereocenters. The second-order valence-electron chi connectivity index (χ2n) is 8.76. The van der Waals surface area contributed by atoms with Crippen LogP contribution in [0.3, 0.4) is 0 Å². The number of hydrogen-bond acceptors (Lipinski definition) is 6. The van der Waals surface area contributed by atoms with Crippen LogP contribution in [-0.2, 0) is 9.53 Å². The Morgan fingerprint density at radius 2 is 1.73 bits per heavy atom. The van der Waals surface area contributed by atoms with Crippen molar-refractivity contribution in [2.45, 2.75) is 13.0 Å². The van der Waals surface area contributed by atoms with Gasteiger partial charge in [-0.2, -0.15) is 0 Å². The lowest BCUT2D eigenvalue weighted by Crippen LogP contribution is -2.39. The van der Waals surface area contributed by atoms with Gasteiger partial charge in [-0.1, -0.05) is 84.7 Å². The standard InChI is InChI=1S/C31H24Br2N2O4S/c1-3-15-39-28-22(32)16-19(17-23(28)33)18-24-29(36)35-27(21-13-9-6-10-14-21)25(30(37)38-4-2)26(34-31(35)40-24)20-11-7-5-8-12-20/h3,5-14,16-18,27H,1,4,15H2,2H3/b24-18-/t27-/m0/s1. The van der Waals surface area contributed by atoms with E-state index in [1.54, 1.807) is 17.6 Å². The minimum absolute atomic E-state index is 0.201. The molecule has 0 bridgehead atoms. The number of carbonyl (C=O) groups is 1. The van der Waals surface area contributed by atoms with Crippen molar-refractivity contribution in [3.63, 3.8) is 0 Å². The summed E-state index contributed by atoms with van der Waals surface area (Å²) in [5.41, 5.74) is 2.93. The van der Waals surface area contributed by atoms with Crippen LogP contribution in [0.4, 0.5) is 0 Å². The number of ether oxygens (including phenoxy) is 2. The van der Waals surface area contributed by atoms with Crippen molar-refractivity contribution >= 4 is 60.9 Å².